The van der Waals surface area contributed by atoms with Crippen molar-refractivity contribution in [1.82, 2.24) is 0 Å². The SMILES string of the molecule is COCCOCCC[Si](C)(O)O[Si](C)(C)C. The quantitative estimate of drug-likeness (QED) is 0.512. The first-order valence-electron chi connectivity index (χ1n) is 5.76. The minimum absolute atomic E-state index is 0.620. The van der Waals surface area contributed by atoms with Crippen molar-refractivity contribution in [2.75, 3.05) is 26.9 Å². The van der Waals surface area contributed by atoms with Gasteiger partial charge in [0.2, 0.25) is 0 Å². The molecule has 98 valence electrons. The third kappa shape index (κ3) is 10.8. The lowest BCUT2D eigenvalue weighted by Gasteiger charge is -2.29. The summed E-state index contributed by atoms with van der Waals surface area (Å²) in [5, 5.41) is 0. The van der Waals surface area contributed by atoms with Crippen LogP contribution in [0.4, 0.5) is 0 Å². The van der Waals surface area contributed by atoms with E-state index in [-0.39, 0.29) is 0 Å². The van der Waals surface area contributed by atoms with Crippen LogP contribution in [0.15, 0.2) is 0 Å². The summed E-state index contributed by atoms with van der Waals surface area (Å²) in [5.41, 5.74) is 0. The first kappa shape index (κ1) is 16.3. The van der Waals surface area contributed by atoms with Crippen molar-refractivity contribution >= 4 is 16.9 Å². The van der Waals surface area contributed by atoms with Crippen molar-refractivity contribution in [3.63, 3.8) is 0 Å². The molecular weight excluding hydrogens is 240 g/mol. The van der Waals surface area contributed by atoms with Gasteiger partial charge in [-0.3, -0.25) is 0 Å². The molecule has 0 saturated heterocycles. The Balaban J connectivity index is 3.58. The molecule has 0 aliphatic carbocycles. The Morgan fingerprint density at radius 2 is 1.62 bits per heavy atom. The highest BCUT2D eigenvalue weighted by Gasteiger charge is 2.32. The molecule has 16 heavy (non-hydrogen) atoms. The fraction of sp³-hybridized carbons (Fsp3) is 1.00. The van der Waals surface area contributed by atoms with Crippen molar-refractivity contribution in [3.05, 3.63) is 0 Å². The average Bonchev–Trinajstić information content (AvgIpc) is 2.06. The van der Waals surface area contributed by atoms with E-state index in [4.69, 9.17) is 13.6 Å². The first-order valence-corrected chi connectivity index (χ1v) is 11.7. The second-order valence-electron chi connectivity index (χ2n) is 5.10. The predicted octanol–water partition coefficient (Wildman–Crippen LogP) is 1.96. The van der Waals surface area contributed by atoms with E-state index in [2.05, 4.69) is 19.6 Å². The van der Waals surface area contributed by atoms with E-state index in [1.54, 1.807) is 7.11 Å². The highest BCUT2D eigenvalue weighted by molar-refractivity contribution is 6.81. The van der Waals surface area contributed by atoms with Gasteiger partial charge in [0.05, 0.1) is 13.2 Å². The molecule has 0 aliphatic rings. The number of ether oxygens (including phenoxy) is 2. The normalized spacial score (nSPS) is 16.1. The molecule has 0 aromatic heterocycles. The van der Waals surface area contributed by atoms with Gasteiger partial charge in [0.1, 0.15) is 0 Å². The van der Waals surface area contributed by atoms with Crippen LogP contribution in [-0.4, -0.2) is 48.6 Å². The van der Waals surface area contributed by atoms with Gasteiger partial charge in [-0.1, -0.05) is 0 Å². The summed E-state index contributed by atoms with van der Waals surface area (Å²) in [6.07, 6.45) is 0.855. The first-order chi connectivity index (χ1) is 7.27. The Kier molecular flexibility index (Phi) is 7.70. The zero-order valence-corrected chi connectivity index (χ0v) is 13.2. The van der Waals surface area contributed by atoms with E-state index >= 15 is 0 Å². The molecule has 1 atom stereocenters. The van der Waals surface area contributed by atoms with Gasteiger partial charge in [0.15, 0.2) is 8.32 Å². The second-order valence-corrected chi connectivity index (χ2v) is 13.0. The van der Waals surface area contributed by atoms with Crippen LogP contribution in [0.3, 0.4) is 0 Å². The topological polar surface area (TPSA) is 47.9 Å². The van der Waals surface area contributed by atoms with Gasteiger partial charge in [-0.25, -0.2) is 0 Å². The lowest BCUT2D eigenvalue weighted by atomic mass is 10.5. The van der Waals surface area contributed by atoms with Crippen molar-refractivity contribution in [2.24, 2.45) is 0 Å². The van der Waals surface area contributed by atoms with E-state index in [1.807, 2.05) is 6.55 Å². The molecule has 6 heteroatoms. The summed E-state index contributed by atoms with van der Waals surface area (Å²) in [5.74, 6) is 0. The van der Waals surface area contributed by atoms with Crippen LogP contribution >= 0.6 is 0 Å². The summed E-state index contributed by atoms with van der Waals surface area (Å²) >= 11 is 0. The molecule has 0 bridgehead atoms. The van der Waals surface area contributed by atoms with Gasteiger partial charge in [-0.2, -0.15) is 0 Å². The van der Waals surface area contributed by atoms with Crippen LogP contribution in [0.25, 0.3) is 0 Å². The van der Waals surface area contributed by atoms with Crippen LogP contribution < -0.4 is 0 Å². The van der Waals surface area contributed by atoms with Gasteiger partial charge in [-0.05, 0) is 38.7 Å². The maximum absolute atomic E-state index is 10.1. The molecule has 0 aromatic carbocycles. The molecule has 0 rings (SSSR count). The molecule has 4 nitrogen and oxygen atoms in total. The Morgan fingerprint density at radius 3 is 2.12 bits per heavy atom. The zero-order chi connectivity index (χ0) is 12.7. The van der Waals surface area contributed by atoms with Crippen LogP contribution in [0, 0.1) is 0 Å². The van der Waals surface area contributed by atoms with Gasteiger partial charge in [-0.15, -0.1) is 0 Å². The lowest BCUT2D eigenvalue weighted by Crippen LogP contribution is -2.44. The van der Waals surface area contributed by atoms with E-state index in [0.717, 1.165) is 12.5 Å². The Hall–Kier alpha value is 0.274. The smallest absolute Gasteiger partial charge is 0.322 e. The minimum Gasteiger partial charge on any atom is -0.436 e. The third-order valence-electron chi connectivity index (χ3n) is 1.89. The van der Waals surface area contributed by atoms with E-state index in [9.17, 15) is 4.80 Å². The molecule has 0 fully saturated rings. The van der Waals surface area contributed by atoms with E-state index in [0.29, 0.717) is 19.8 Å². The predicted molar refractivity (Wildman–Crippen MR) is 70.4 cm³/mol. The van der Waals surface area contributed by atoms with Crippen LogP contribution in [-0.2, 0) is 13.6 Å². The van der Waals surface area contributed by atoms with Crippen molar-refractivity contribution in [3.8, 4) is 0 Å². The number of hydrogen-bond acceptors (Lipinski definition) is 4. The van der Waals surface area contributed by atoms with Crippen LogP contribution in [0.1, 0.15) is 6.42 Å². The summed E-state index contributed by atoms with van der Waals surface area (Å²) in [6.45, 7) is 10.1. The fourth-order valence-corrected chi connectivity index (χ4v) is 7.94. The minimum atomic E-state index is -2.46. The van der Waals surface area contributed by atoms with E-state index < -0.39 is 16.9 Å². The summed E-state index contributed by atoms with van der Waals surface area (Å²) in [6, 6.07) is 0.740. The maximum atomic E-state index is 10.1. The van der Waals surface area contributed by atoms with Gasteiger partial charge >= 0.3 is 8.56 Å². The average molecular weight is 266 g/mol. The Morgan fingerprint density at radius 1 is 1.00 bits per heavy atom. The number of hydrogen-bond donors (Lipinski definition) is 1. The third-order valence-corrected chi connectivity index (χ3v) is 7.38. The number of rotatable bonds is 9. The lowest BCUT2D eigenvalue weighted by molar-refractivity contribution is 0.0703. The highest BCUT2D eigenvalue weighted by Crippen LogP contribution is 2.17. The summed E-state index contributed by atoms with van der Waals surface area (Å²) in [7, 11) is -2.42. The van der Waals surface area contributed by atoms with Crippen molar-refractivity contribution < 1.29 is 18.4 Å². The fourth-order valence-electron chi connectivity index (χ4n) is 1.46. The molecule has 1 unspecified atom stereocenters. The van der Waals surface area contributed by atoms with Crippen molar-refractivity contribution in [2.45, 2.75) is 38.7 Å². The Labute approximate surface area is 101 Å². The molecule has 0 aliphatic heterocycles. The Bertz CT molecular complexity index is 180. The second kappa shape index (κ2) is 7.57. The molecule has 0 amide bonds. The van der Waals surface area contributed by atoms with Gasteiger partial charge in [0.25, 0.3) is 0 Å². The van der Waals surface area contributed by atoms with Gasteiger partial charge < -0.3 is 18.4 Å². The highest BCUT2D eigenvalue weighted by atomic mass is 28.4. The van der Waals surface area contributed by atoms with Gasteiger partial charge in [0, 0.05) is 13.7 Å². The van der Waals surface area contributed by atoms with Crippen molar-refractivity contribution in [1.29, 1.82) is 0 Å². The largest absolute Gasteiger partial charge is 0.436 e. The molecule has 0 aromatic rings. The van der Waals surface area contributed by atoms with E-state index in [1.165, 1.54) is 0 Å². The maximum Gasteiger partial charge on any atom is 0.322 e. The summed E-state index contributed by atoms with van der Waals surface area (Å²) in [4.78, 5) is 10.1. The molecule has 0 radical (unpaired) electrons. The molecule has 0 saturated carbocycles. The zero-order valence-electron chi connectivity index (χ0n) is 11.2. The molecule has 0 spiro atoms. The van der Waals surface area contributed by atoms with Crippen LogP contribution in [0.5, 0.6) is 0 Å². The monoisotopic (exact) mass is 266 g/mol. The molecular formula is C10H26O4Si2. The standard InChI is InChI=1S/C10H26O4Si2/c1-12-8-9-13-7-6-10-16(5,11)14-15(2,3)4/h11H,6-10H2,1-5H3. The van der Waals surface area contributed by atoms with Crippen LogP contribution in [0.2, 0.25) is 32.2 Å². The summed E-state index contributed by atoms with van der Waals surface area (Å²) < 4.78 is 16.0. The molecule has 1 N–H and O–H groups in total. The number of methoxy groups -OCH3 is 1. The molecule has 0 heterocycles.